The van der Waals surface area contributed by atoms with Gasteiger partial charge in [-0.1, -0.05) is 0 Å². The zero-order valence-corrected chi connectivity index (χ0v) is 10.1. The molecule has 2 aliphatic rings. The SMILES string of the molecule is C=[N+]1CCC2=C(Cn3cnc(C)c3)[CH-]C=C[C-]21. The van der Waals surface area contributed by atoms with E-state index in [9.17, 15) is 0 Å². The molecule has 0 amide bonds. The zero-order chi connectivity index (χ0) is 11.8. The van der Waals surface area contributed by atoms with E-state index in [1.165, 1.54) is 17.2 Å². The van der Waals surface area contributed by atoms with Crippen molar-refractivity contribution < 1.29 is 4.58 Å². The molecule has 3 nitrogen and oxygen atoms in total. The standard InChI is InChI=1S/C14H16N3/c1-11-8-17(10-15-11)9-12-4-3-5-14-13(12)6-7-16(14)2/h3-5,8,10H,2,6-7,9H2,1H3/q-1. The fraction of sp³-hybridized carbons (Fsp3) is 0.286. The van der Waals surface area contributed by atoms with Crippen molar-refractivity contribution in [1.82, 2.24) is 9.55 Å². The number of hydrogen-bond acceptors (Lipinski definition) is 1. The monoisotopic (exact) mass is 226 g/mol. The topological polar surface area (TPSA) is 20.8 Å². The third-order valence-electron chi connectivity index (χ3n) is 3.34. The second-order valence-electron chi connectivity index (χ2n) is 4.62. The summed E-state index contributed by atoms with van der Waals surface area (Å²) in [6, 6.07) is 1.28. The maximum atomic E-state index is 4.26. The summed E-state index contributed by atoms with van der Waals surface area (Å²) >= 11 is 0. The summed E-state index contributed by atoms with van der Waals surface area (Å²) in [7, 11) is 0. The summed E-state index contributed by atoms with van der Waals surface area (Å²) in [6.07, 6.45) is 11.5. The second kappa shape index (κ2) is 3.84. The van der Waals surface area contributed by atoms with Crippen LogP contribution >= 0.6 is 0 Å². The van der Waals surface area contributed by atoms with Crippen molar-refractivity contribution in [2.24, 2.45) is 0 Å². The molecule has 1 aromatic heterocycles. The first kappa shape index (κ1) is 10.3. The Balaban J connectivity index is 1.87. The third-order valence-corrected chi connectivity index (χ3v) is 3.34. The van der Waals surface area contributed by atoms with E-state index in [1.54, 1.807) is 0 Å². The van der Waals surface area contributed by atoms with Crippen LogP contribution in [0, 0.1) is 19.4 Å². The van der Waals surface area contributed by atoms with Crippen LogP contribution in [0.4, 0.5) is 0 Å². The molecule has 1 aliphatic heterocycles. The number of aromatic nitrogens is 2. The van der Waals surface area contributed by atoms with Crippen molar-refractivity contribution in [1.29, 1.82) is 0 Å². The van der Waals surface area contributed by atoms with E-state index in [-0.39, 0.29) is 0 Å². The Labute approximate surface area is 102 Å². The van der Waals surface area contributed by atoms with E-state index in [4.69, 9.17) is 0 Å². The van der Waals surface area contributed by atoms with E-state index < -0.39 is 0 Å². The average molecular weight is 226 g/mol. The summed E-state index contributed by atoms with van der Waals surface area (Å²) in [5.74, 6) is 0. The number of nitrogens with zero attached hydrogens (tertiary/aromatic N) is 3. The molecular formula is C14H16N3-. The van der Waals surface area contributed by atoms with Crippen molar-refractivity contribution in [2.45, 2.75) is 19.9 Å². The predicted octanol–water partition coefficient (Wildman–Crippen LogP) is 1.91. The van der Waals surface area contributed by atoms with E-state index in [2.05, 4.69) is 45.6 Å². The zero-order valence-electron chi connectivity index (χ0n) is 10.1. The molecule has 17 heavy (non-hydrogen) atoms. The van der Waals surface area contributed by atoms with Gasteiger partial charge in [-0.25, -0.2) is 23.1 Å². The van der Waals surface area contributed by atoms with Gasteiger partial charge in [-0.15, -0.1) is 0 Å². The summed E-state index contributed by atoms with van der Waals surface area (Å²) < 4.78 is 4.22. The van der Waals surface area contributed by atoms with Gasteiger partial charge < -0.3 is 9.14 Å². The number of rotatable bonds is 2. The van der Waals surface area contributed by atoms with Gasteiger partial charge in [0.1, 0.15) is 6.54 Å². The van der Waals surface area contributed by atoms with Crippen LogP contribution < -0.4 is 0 Å². The van der Waals surface area contributed by atoms with Gasteiger partial charge in [0.25, 0.3) is 0 Å². The van der Waals surface area contributed by atoms with Crippen LogP contribution in [0.1, 0.15) is 12.1 Å². The van der Waals surface area contributed by atoms with Crippen LogP contribution in [0.5, 0.6) is 0 Å². The van der Waals surface area contributed by atoms with E-state index >= 15 is 0 Å². The smallest absolute Gasteiger partial charge is 0.121 e. The number of imidazole rings is 1. The lowest BCUT2D eigenvalue weighted by Crippen LogP contribution is -2.12. The van der Waals surface area contributed by atoms with Crippen LogP contribution in [0.2, 0.25) is 0 Å². The Hall–Kier alpha value is -1.90. The molecule has 0 unspecified atom stereocenters. The molecule has 2 heterocycles. The van der Waals surface area contributed by atoms with E-state index in [0.717, 1.165) is 25.2 Å². The highest BCUT2D eigenvalue weighted by atomic mass is 15.1. The molecule has 0 saturated carbocycles. The molecule has 3 rings (SSSR count). The van der Waals surface area contributed by atoms with Crippen LogP contribution in [-0.2, 0) is 6.54 Å². The molecule has 3 heteroatoms. The highest BCUT2D eigenvalue weighted by Gasteiger charge is 2.20. The lowest BCUT2D eigenvalue weighted by Gasteiger charge is -2.30. The average Bonchev–Trinajstić information content (AvgIpc) is 2.88. The van der Waals surface area contributed by atoms with Crippen LogP contribution in [0.3, 0.4) is 0 Å². The first-order valence-electron chi connectivity index (χ1n) is 5.91. The highest BCUT2D eigenvalue weighted by Crippen LogP contribution is 2.34. The largest absolute Gasteiger partial charge is 0.344 e. The van der Waals surface area contributed by atoms with Gasteiger partial charge in [0.15, 0.2) is 0 Å². The molecule has 0 atom stereocenters. The molecule has 1 aliphatic carbocycles. The molecular weight excluding hydrogens is 210 g/mol. The third kappa shape index (κ3) is 1.78. The quantitative estimate of drug-likeness (QED) is 0.557. The van der Waals surface area contributed by atoms with Crippen LogP contribution in [0.15, 0.2) is 35.8 Å². The Morgan fingerprint density at radius 2 is 2.53 bits per heavy atom. The summed E-state index contributed by atoms with van der Waals surface area (Å²) in [6.45, 7) is 7.99. The van der Waals surface area contributed by atoms with E-state index in [1.807, 2.05) is 13.3 Å². The maximum Gasteiger partial charge on any atom is 0.121 e. The number of aryl methyl sites for hydroxylation is 1. The minimum absolute atomic E-state index is 0.901. The predicted molar refractivity (Wildman–Crippen MR) is 67.5 cm³/mol. The molecule has 0 N–H and O–H groups in total. The van der Waals surface area contributed by atoms with Gasteiger partial charge in [-0.2, -0.15) is 11.6 Å². The van der Waals surface area contributed by atoms with Gasteiger partial charge in [0, 0.05) is 12.2 Å². The Morgan fingerprint density at radius 3 is 3.29 bits per heavy atom. The summed E-state index contributed by atoms with van der Waals surface area (Å²) in [5.41, 5.74) is 3.89. The minimum Gasteiger partial charge on any atom is -0.344 e. The molecule has 0 spiro atoms. The van der Waals surface area contributed by atoms with Crippen molar-refractivity contribution in [3.8, 4) is 0 Å². The maximum absolute atomic E-state index is 4.26. The first-order valence-corrected chi connectivity index (χ1v) is 5.91. The fourth-order valence-electron chi connectivity index (χ4n) is 2.48. The number of fused-ring (bicyclic) bond motifs is 1. The second-order valence-corrected chi connectivity index (χ2v) is 4.62. The normalized spacial score (nSPS) is 18.6. The van der Waals surface area contributed by atoms with Crippen LogP contribution in [-0.4, -0.2) is 27.4 Å². The number of hydrogen-bond donors (Lipinski definition) is 0. The Bertz CT molecular complexity index is 519. The highest BCUT2D eigenvalue weighted by molar-refractivity contribution is 5.46. The fourth-order valence-corrected chi connectivity index (χ4v) is 2.48. The van der Waals surface area contributed by atoms with Crippen molar-refractivity contribution in [3.63, 3.8) is 0 Å². The van der Waals surface area contributed by atoms with Gasteiger partial charge >= 0.3 is 0 Å². The Kier molecular flexibility index (Phi) is 2.32. The first-order chi connectivity index (χ1) is 8.24. The molecule has 0 bridgehead atoms. The molecule has 0 radical (unpaired) electrons. The van der Waals surface area contributed by atoms with Crippen molar-refractivity contribution >= 4 is 6.72 Å². The van der Waals surface area contributed by atoms with E-state index in [0.29, 0.717) is 0 Å². The van der Waals surface area contributed by atoms with Gasteiger partial charge in [0.2, 0.25) is 0 Å². The Morgan fingerprint density at radius 1 is 1.65 bits per heavy atom. The van der Waals surface area contributed by atoms with Crippen molar-refractivity contribution in [3.05, 3.63) is 54.0 Å². The van der Waals surface area contributed by atoms with Gasteiger partial charge in [-0.3, -0.25) is 0 Å². The summed E-state index contributed by atoms with van der Waals surface area (Å²) in [4.78, 5) is 4.26. The molecule has 0 aromatic carbocycles. The molecule has 1 aromatic rings. The van der Waals surface area contributed by atoms with Gasteiger partial charge in [0.05, 0.1) is 18.7 Å². The minimum atomic E-state index is 0.901. The van der Waals surface area contributed by atoms with Crippen molar-refractivity contribution in [2.75, 3.05) is 6.54 Å². The van der Waals surface area contributed by atoms with Gasteiger partial charge in [-0.05, 0) is 19.9 Å². The molecule has 88 valence electrons. The molecule has 1 saturated heterocycles. The molecule has 1 fully saturated rings. The number of allylic oxidation sites excluding steroid dienone is 2. The lowest BCUT2D eigenvalue weighted by atomic mass is 9.93. The lowest BCUT2D eigenvalue weighted by molar-refractivity contribution is -0.475. The summed E-state index contributed by atoms with van der Waals surface area (Å²) in [5, 5.41) is 0. The van der Waals surface area contributed by atoms with Crippen LogP contribution in [0.25, 0.3) is 0 Å².